The van der Waals surface area contributed by atoms with Crippen molar-refractivity contribution in [3.8, 4) is 0 Å². The third-order valence-corrected chi connectivity index (χ3v) is 4.30. The minimum absolute atomic E-state index is 0.245. The summed E-state index contributed by atoms with van der Waals surface area (Å²) >= 11 is 3.36. The molecule has 7 heteroatoms. The van der Waals surface area contributed by atoms with Gasteiger partial charge in [0.15, 0.2) is 0 Å². The zero-order chi connectivity index (χ0) is 15.7. The van der Waals surface area contributed by atoms with E-state index in [0.29, 0.717) is 25.3 Å². The van der Waals surface area contributed by atoms with E-state index in [9.17, 15) is 9.59 Å². The second-order valence-corrected chi connectivity index (χ2v) is 6.08. The average Bonchev–Trinajstić information content (AvgIpc) is 3.04. The van der Waals surface area contributed by atoms with E-state index >= 15 is 0 Å². The van der Waals surface area contributed by atoms with Crippen molar-refractivity contribution in [3.63, 3.8) is 0 Å². The molecule has 0 bridgehead atoms. The molecule has 0 aliphatic carbocycles. The van der Waals surface area contributed by atoms with Gasteiger partial charge in [0, 0.05) is 30.3 Å². The number of fused-ring (bicyclic) bond motifs is 1. The van der Waals surface area contributed by atoms with Gasteiger partial charge in [-0.1, -0.05) is 33.2 Å². The number of ether oxygens (including phenoxy) is 1. The predicted octanol–water partition coefficient (Wildman–Crippen LogP) is 1.57. The number of nitrogens with zero attached hydrogens (tertiary/aromatic N) is 2. The fourth-order valence-corrected chi connectivity index (χ4v) is 2.94. The van der Waals surface area contributed by atoms with Crippen LogP contribution in [0, 0.1) is 5.92 Å². The van der Waals surface area contributed by atoms with E-state index in [1.54, 1.807) is 7.11 Å². The molecule has 2 heterocycles. The molecule has 1 aromatic rings. The molecule has 22 heavy (non-hydrogen) atoms. The maximum atomic E-state index is 12.5. The van der Waals surface area contributed by atoms with Crippen LogP contribution in [0.25, 0.3) is 0 Å². The number of amides is 2. The van der Waals surface area contributed by atoms with Crippen molar-refractivity contribution in [3.05, 3.63) is 34.3 Å². The van der Waals surface area contributed by atoms with Gasteiger partial charge in [0.05, 0.1) is 0 Å². The molecule has 1 aromatic carbocycles. The minimum atomic E-state index is -0.825. The summed E-state index contributed by atoms with van der Waals surface area (Å²) in [5, 5.41) is 3.96. The Labute approximate surface area is 136 Å². The summed E-state index contributed by atoms with van der Waals surface area (Å²) in [7, 11) is 1.59. The molecule has 2 atom stereocenters. The summed E-state index contributed by atoms with van der Waals surface area (Å²) in [5.41, 5.74) is 1.31. The summed E-state index contributed by atoms with van der Waals surface area (Å²) in [6, 6.07) is 7.42. The molecular weight excluding hydrogens is 352 g/mol. The van der Waals surface area contributed by atoms with Crippen LogP contribution in [0.5, 0.6) is 0 Å². The molecule has 0 N–H and O–H groups in total. The summed E-state index contributed by atoms with van der Waals surface area (Å²) < 4.78 is 5.89. The Bertz CT molecular complexity index is 629. The fourth-order valence-electron chi connectivity index (χ4n) is 2.68. The zero-order valence-corrected chi connectivity index (χ0v) is 13.6. The van der Waals surface area contributed by atoms with E-state index < -0.39 is 12.0 Å². The van der Waals surface area contributed by atoms with Gasteiger partial charge in [-0.3, -0.25) is 14.5 Å². The van der Waals surface area contributed by atoms with Crippen molar-refractivity contribution in [2.75, 3.05) is 20.3 Å². The van der Waals surface area contributed by atoms with E-state index in [0.717, 1.165) is 10.0 Å². The molecule has 1 fully saturated rings. The first-order chi connectivity index (χ1) is 10.6. The molecule has 6 nitrogen and oxygen atoms in total. The van der Waals surface area contributed by atoms with E-state index in [2.05, 4.69) is 21.1 Å². The Morgan fingerprint density at radius 3 is 2.68 bits per heavy atom. The largest absolute Gasteiger partial charge is 0.385 e. The second kappa shape index (κ2) is 6.18. The number of hydrogen-bond donors (Lipinski definition) is 0. The number of imide groups is 1. The molecule has 116 valence electrons. The topological polar surface area (TPSA) is 68.2 Å². The van der Waals surface area contributed by atoms with Gasteiger partial charge in [-0.25, -0.2) is 0 Å². The van der Waals surface area contributed by atoms with E-state index in [1.165, 1.54) is 4.90 Å². The Balaban J connectivity index is 1.80. The normalized spacial score (nSPS) is 23.5. The first-order valence-electron chi connectivity index (χ1n) is 6.97. The molecule has 2 unspecified atom stereocenters. The van der Waals surface area contributed by atoms with Crippen molar-refractivity contribution in [1.82, 2.24) is 4.90 Å². The van der Waals surface area contributed by atoms with Crippen molar-refractivity contribution in [2.24, 2.45) is 11.1 Å². The summed E-state index contributed by atoms with van der Waals surface area (Å²) in [4.78, 5) is 31.3. The summed E-state index contributed by atoms with van der Waals surface area (Å²) in [6.45, 7) is 0.844. The molecular formula is C15H15BrN2O4. The average molecular weight is 367 g/mol. The highest BCUT2D eigenvalue weighted by molar-refractivity contribution is 9.10. The van der Waals surface area contributed by atoms with Crippen LogP contribution in [0.15, 0.2) is 33.9 Å². The molecule has 2 aliphatic rings. The lowest BCUT2D eigenvalue weighted by Crippen LogP contribution is -2.34. The highest BCUT2D eigenvalue weighted by atomic mass is 79.9. The Hall–Kier alpha value is -1.73. The molecule has 0 saturated carbocycles. The van der Waals surface area contributed by atoms with Gasteiger partial charge in [0.1, 0.15) is 11.6 Å². The molecule has 0 radical (unpaired) electrons. The van der Waals surface area contributed by atoms with Crippen LogP contribution < -0.4 is 0 Å². The number of halogens is 1. The van der Waals surface area contributed by atoms with Crippen LogP contribution >= 0.6 is 15.9 Å². The third-order valence-electron chi connectivity index (χ3n) is 3.77. The minimum Gasteiger partial charge on any atom is -0.385 e. The van der Waals surface area contributed by atoms with Crippen molar-refractivity contribution in [2.45, 2.75) is 12.5 Å². The number of rotatable bonds is 5. The molecule has 3 rings (SSSR count). The van der Waals surface area contributed by atoms with Crippen molar-refractivity contribution in [1.29, 1.82) is 0 Å². The number of methoxy groups -OCH3 is 1. The number of carbonyl (C=O) groups is 2. The Kier molecular flexibility index (Phi) is 4.26. The zero-order valence-electron chi connectivity index (χ0n) is 12.0. The van der Waals surface area contributed by atoms with Gasteiger partial charge in [-0.05, 0) is 18.6 Å². The van der Waals surface area contributed by atoms with Crippen LogP contribution in [0.1, 0.15) is 12.0 Å². The summed E-state index contributed by atoms with van der Waals surface area (Å²) in [5.74, 6) is -1.21. The maximum Gasteiger partial charge on any atom is 0.274 e. The Morgan fingerprint density at radius 2 is 2.00 bits per heavy atom. The molecule has 2 aliphatic heterocycles. The lowest BCUT2D eigenvalue weighted by molar-refractivity contribution is -0.142. The first-order valence-corrected chi connectivity index (χ1v) is 7.76. The van der Waals surface area contributed by atoms with Gasteiger partial charge in [-0.2, -0.15) is 0 Å². The molecule has 0 spiro atoms. The van der Waals surface area contributed by atoms with Crippen molar-refractivity contribution < 1.29 is 19.2 Å². The van der Waals surface area contributed by atoms with Gasteiger partial charge >= 0.3 is 0 Å². The number of likely N-dealkylation sites (tertiary alicyclic amines) is 1. The lowest BCUT2D eigenvalue weighted by Gasteiger charge is -2.14. The lowest BCUT2D eigenvalue weighted by atomic mass is 9.94. The number of oxime groups is 1. The van der Waals surface area contributed by atoms with Crippen LogP contribution in [0.2, 0.25) is 0 Å². The third kappa shape index (κ3) is 2.55. The molecule has 1 saturated heterocycles. The first kappa shape index (κ1) is 15.2. The summed E-state index contributed by atoms with van der Waals surface area (Å²) in [6.07, 6.45) is -0.216. The van der Waals surface area contributed by atoms with Gasteiger partial charge in [-0.15, -0.1) is 0 Å². The van der Waals surface area contributed by atoms with Crippen molar-refractivity contribution >= 4 is 33.5 Å². The smallest absolute Gasteiger partial charge is 0.274 e. The van der Waals surface area contributed by atoms with E-state index in [1.807, 2.05) is 24.3 Å². The monoisotopic (exact) mass is 366 g/mol. The highest BCUT2D eigenvalue weighted by Crippen LogP contribution is 2.32. The predicted molar refractivity (Wildman–Crippen MR) is 82.3 cm³/mol. The SMILES string of the molecule is COCCCN1C(=O)C2ON=C(c3ccc(Br)cc3)C2C1=O. The second-order valence-electron chi connectivity index (χ2n) is 5.16. The quantitative estimate of drug-likeness (QED) is 0.585. The fraction of sp³-hybridized carbons (Fsp3) is 0.400. The standard InChI is InChI=1S/C15H15BrN2O4/c1-21-8-2-7-18-14(19)11-12(17-22-13(11)15(18)20)9-3-5-10(16)6-4-9/h3-6,11,13H,2,7-8H2,1H3. The molecule has 2 amide bonds. The van der Waals surface area contributed by atoms with Crippen LogP contribution in [0.3, 0.4) is 0 Å². The van der Waals surface area contributed by atoms with Gasteiger partial charge < -0.3 is 9.57 Å². The van der Waals surface area contributed by atoms with Gasteiger partial charge in [0.2, 0.25) is 12.0 Å². The Morgan fingerprint density at radius 1 is 1.27 bits per heavy atom. The number of benzene rings is 1. The number of carbonyl (C=O) groups excluding carboxylic acids is 2. The molecule has 0 aromatic heterocycles. The maximum absolute atomic E-state index is 12.5. The van der Waals surface area contributed by atoms with Gasteiger partial charge in [0.25, 0.3) is 5.91 Å². The number of hydrogen-bond acceptors (Lipinski definition) is 5. The van der Waals surface area contributed by atoms with Crippen LogP contribution in [-0.2, 0) is 19.2 Å². The van der Waals surface area contributed by atoms with E-state index in [-0.39, 0.29) is 11.8 Å². The van der Waals surface area contributed by atoms with E-state index in [4.69, 9.17) is 9.57 Å². The van der Waals surface area contributed by atoms with Crippen LogP contribution in [-0.4, -0.2) is 48.8 Å². The van der Waals surface area contributed by atoms with Crippen LogP contribution in [0.4, 0.5) is 0 Å². The highest BCUT2D eigenvalue weighted by Gasteiger charge is 2.55.